The SMILES string of the molecule is Cc1cc(C)n(-c2ccc(N3CCCC(C(=O)N4CCN(CCc5ccccc5)CC4)C3)nn2)n1. The van der Waals surface area contributed by atoms with Gasteiger partial charge in [-0.1, -0.05) is 30.3 Å². The van der Waals surface area contributed by atoms with Gasteiger partial charge in [0.2, 0.25) is 5.91 Å². The van der Waals surface area contributed by atoms with Gasteiger partial charge in [0.15, 0.2) is 11.6 Å². The molecule has 4 heterocycles. The van der Waals surface area contributed by atoms with Crippen molar-refractivity contribution in [1.82, 2.24) is 29.8 Å². The summed E-state index contributed by atoms with van der Waals surface area (Å²) in [5.41, 5.74) is 3.37. The number of carbonyl (C=O) groups is 1. The van der Waals surface area contributed by atoms with Crippen molar-refractivity contribution in [2.45, 2.75) is 33.1 Å². The second-order valence-electron chi connectivity index (χ2n) is 9.78. The summed E-state index contributed by atoms with van der Waals surface area (Å²) in [7, 11) is 0. The van der Waals surface area contributed by atoms with Crippen molar-refractivity contribution in [2.24, 2.45) is 5.92 Å². The maximum Gasteiger partial charge on any atom is 0.227 e. The average Bonchev–Trinajstić information content (AvgIpc) is 3.25. The zero-order chi connectivity index (χ0) is 24.2. The average molecular weight is 474 g/mol. The lowest BCUT2D eigenvalue weighted by Gasteiger charge is -2.39. The number of aryl methyl sites for hydroxylation is 2. The van der Waals surface area contributed by atoms with Crippen LogP contribution in [0.4, 0.5) is 5.82 Å². The number of anilines is 1. The molecule has 0 N–H and O–H groups in total. The van der Waals surface area contributed by atoms with Gasteiger partial charge in [-0.25, -0.2) is 4.68 Å². The van der Waals surface area contributed by atoms with Crippen LogP contribution in [0.15, 0.2) is 48.5 Å². The van der Waals surface area contributed by atoms with E-state index in [2.05, 4.69) is 60.3 Å². The Hall–Kier alpha value is -3.26. The van der Waals surface area contributed by atoms with Gasteiger partial charge in [0.05, 0.1) is 11.6 Å². The van der Waals surface area contributed by atoms with Crippen molar-refractivity contribution in [3.8, 4) is 5.82 Å². The first-order chi connectivity index (χ1) is 17.1. The van der Waals surface area contributed by atoms with E-state index in [1.165, 1.54) is 5.56 Å². The van der Waals surface area contributed by atoms with Gasteiger partial charge >= 0.3 is 0 Å². The predicted octanol–water partition coefficient (Wildman–Crippen LogP) is 2.88. The van der Waals surface area contributed by atoms with Gasteiger partial charge in [0.1, 0.15) is 0 Å². The molecule has 2 aliphatic rings. The summed E-state index contributed by atoms with van der Waals surface area (Å²) in [4.78, 5) is 20.1. The summed E-state index contributed by atoms with van der Waals surface area (Å²) in [5.74, 6) is 1.87. The van der Waals surface area contributed by atoms with Gasteiger partial charge in [0.25, 0.3) is 0 Å². The number of nitrogens with zero attached hydrogens (tertiary/aromatic N) is 7. The van der Waals surface area contributed by atoms with Crippen LogP contribution in [-0.4, -0.2) is 81.5 Å². The number of carbonyl (C=O) groups excluding carboxylic acids is 1. The molecule has 0 saturated carbocycles. The molecule has 2 aromatic heterocycles. The first kappa shape index (κ1) is 23.5. The molecule has 5 rings (SSSR count). The Morgan fingerprint density at radius 1 is 0.943 bits per heavy atom. The van der Waals surface area contributed by atoms with Crippen molar-refractivity contribution in [3.05, 3.63) is 65.5 Å². The third-order valence-electron chi connectivity index (χ3n) is 7.20. The number of piperazine rings is 1. The van der Waals surface area contributed by atoms with Crippen molar-refractivity contribution in [3.63, 3.8) is 0 Å². The Bertz CT molecular complexity index is 1120. The summed E-state index contributed by atoms with van der Waals surface area (Å²) < 4.78 is 1.81. The fourth-order valence-corrected chi connectivity index (χ4v) is 5.23. The molecule has 0 bridgehead atoms. The van der Waals surface area contributed by atoms with E-state index < -0.39 is 0 Å². The Labute approximate surface area is 207 Å². The van der Waals surface area contributed by atoms with Crippen LogP contribution >= 0.6 is 0 Å². The third-order valence-corrected chi connectivity index (χ3v) is 7.20. The number of piperidine rings is 1. The van der Waals surface area contributed by atoms with Gasteiger partial charge in [0, 0.05) is 51.5 Å². The Morgan fingerprint density at radius 3 is 2.37 bits per heavy atom. The highest BCUT2D eigenvalue weighted by molar-refractivity contribution is 5.80. The maximum atomic E-state index is 13.3. The van der Waals surface area contributed by atoms with Crippen molar-refractivity contribution >= 4 is 11.7 Å². The molecule has 0 radical (unpaired) electrons. The monoisotopic (exact) mass is 473 g/mol. The van der Waals surface area contributed by atoms with Crippen LogP contribution < -0.4 is 4.90 Å². The van der Waals surface area contributed by atoms with Gasteiger partial charge in [-0.05, 0) is 56.9 Å². The number of hydrogen-bond acceptors (Lipinski definition) is 6. The van der Waals surface area contributed by atoms with E-state index in [4.69, 9.17) is 0 Å². The quantitative estimate of drug-likeness (QED) is 0.548. The highest BCUT2D eigenvalue weighted by Crippen LogP contribution is 2.24. The summed E-state index contributed by atoms with van der Waals surface area (Å²) in [6, 6.07) is 16.6. The zero-order valence-electron chi connectivity index (χ0n) is 20.8. The van der Waals surface area contributed by atoms with E-state index in [1.807, 2.05) is 36.7 Å². The molecule has 184 valence electrons. The Kier molecular flexibility index (Phi) is 7.08. The maximum absolute atomic E-state index is 13.3. The van der Waals surface area contributed by atoms with E-state index in [0.29, 0.717) is 18.3 Å². The second-order valence-corrected chi connectivity index (χ2v) is 9.78. The minimum absolute atomic E-state index is 0.0251. The molecule has 2 fully saturated rings. The number of rotatable bonds is 6. The summed E-state index contributed by atoms with van der Waals surface area (Å²) in [6.07, 6.45) is 3.00. The van der Waals surface area contributed by atoms with E-state index >= 15 is 0 Å². The summed E-state index contributed by atoms with van der Waals surface area (Å²) in [6.45, 7) is 10.2. The normalized spacial score (nSPS) is 19.2. The summed E-state index contributed by atoms with van der Waals surface area (Å²) >= 11 is 0. The topological polar surface area (TPSA) is 70.4 Å². The predicted molar refractivity (Wildman–Crippen MR) is 137 cm³/mol. The van der Waals surface area contributed by atoms with Crippen molar-refractivity contribution < 1.29 is 4.79 Å². The lowest BCUT2D eigenvalue weighted by molar-refractivity contribution is -0.137. The van der Waals surface area contributed by atoms with Crippen LogP contribution in [0.5, 0.6) is 0 Å². The largest absolute Gasteiger partial charge is 0.354 e. The zero-order valence-corrected chi connectivity index (χ0v) is 20.8. The van der Waals surface area contributed by atoms with Crippen LogP contribution in [0.3, 0.4) is 0 Å². The molecule has 3 aromatic rings. The molecule has 1 unspecified atom stereocenters. The van der Waals surface area contributed by atoms with Crippen LogP contribution in [0, 0.1) is 19.8 Å². The van der Waals surface area contributed by atoms with Gasteiger partial charge in [-0.2, -0.15) is 5.10 Å². The molecular formula is C27H35N7O. The minimum Gasteiger partial charge on any atom is -0.354 e. The fourth-order valence-electron chi connectivity index (χ4n) is 5.23. The van der Waals surface area contributed by atoms with Crippen molar-refractivity contribution in [1.29, 1.82) is 0 Å². The number of aromatic nitrogens is 4. The van der Waals surface area contributed by atoms with Crippen LogP contribution in [-0.2, 0) is 11.2 Å². The lowest BCUT2D eigenvalue weighted by Crippen LogP contribution is -2.52. The second kappa shape index (κ2) is 10.6. The molecule has 1 aromatic carbocycles. The molecule has 1 atom stereocenters. The van der Waals surface area contributed by atoms with Crippen LogP contribution in [0.2, 0.25) is 0 Å². The molecule has 35 heavy (non-hydrogen) atoms. The van der Waals surface area contributed by atoms with E-state index in [0.717, 1.165) is 75.7 Å². The van der Waals surface area contributed by atoms with Gasteiger partial charge < -0.3 is 9.80 Å². The highest BCUT2D eigenvalue weighted by Gasteiger charge is 2.31. The third kappa shape index (κ3) is 5.53. The molecule has 0 spiro atoms. The molecule has 8 nitrogen and oxygen atoms in total. The summed E-state index contributed by atoms with van der Waals surface area (Å²) in [5, 5.41) is 13.4. The molecule has 0 aliphatic carbocycles. The van der Waals surface area contributed by atoms with Crippen LogP contribution in [0.25, 0.3) is 5.82 Å². The fraction of sp³-hybridized carbons (Fsp3) is 0.481. The number of amides is 1. The smallest absolute Gasteiger partial charge is 0.227 e. The number of hydrogen-bond donors (Lipinski definition) is 0. The standard InChI is InChI=1S/C27H35N7O/c1-21-19-22(2)34(30-21)26-11-10-25(28-29-26)33-13-6-9-24(20-33)27(35)32-17-15-31(16-18-32)14-12-23-7-4-3-5-8-23/h3-5,7-8,10-11,19,24H,6,9,12-18,20H2,1-2H3. The minimum atomic E-state index is 0.0251. The molecule has 1 amide bonds. The van der Waals surface area contributed by atoms with E-state index in [9.17, 15) is 4.79 Å². The van der Waals surface area contributed by atoms with Gasteiger partial charge in [-0.3, -0.25) is 9.69 Å². The molecule has 2 saturated heterocycles. The first-order valence-corrected chi connectivity index (χ1v) is 12.7. The molecule has 8 heteroatoms. The number of benzene rings is 1. The lowest BCUT2D eigenvalue weighted by atomic mass is 9.96. The molecule has 2 aliphatic heterocycles. The van der Waals surface area contributed by atoms with E-state index in [-0.39, 0.29) is 5.92 Å². The Morgan fingerprint density at radius 2 is 1.69 bits per heavy atom. The Balaban J connectivity index is 1.13. The first-order valence-electron chi connectivity index (χ1n) is 12.7. The molecular weight excluding hydrogens is 438 g/mol. The van der Waals surface area contributed by atoms with E-state index in [1.54, 1.807) is 0 Å². The van der Waals surface area contributed by atoms with Gasteiger partial charge in [-0.15, -0.1) is 10.2 Å². The van der Waals surface area contributed by atoms with Crippen LogP contribution in [0.1, 0.15) is 29.8 Å². The van der Waals surface area contributed by atoms with Crippen molar-refractivity contribution in [2.75, 3.05) is 50.7 Å². The highest BCUT2D eigenvalue weighted by atomic mass is 16.2.